The molecule has 7 heteroatoms. The highest BCUT2D eigenvalue weighted by atomic mass is 16.5. The SMILES string of the molecule is COC(=O)c1cccc(COc2ccc3c(c2)COc2cc(COC(C4=CC=C(OC)CC4)(C4=CC=C(OC)CC4)c4ccccc4)ccc2-3)c1. The highest BCUT2D eigenvalue weighted by molar-refractivity contribution is 5.89. The van der Waals surface area contributed by atoms with Gasteiger partial charge in [0.1, 0.15) is 30.3 Å². The topological polar surface area (TPSA) is 72.5 Å². The standard InChI is InChI=1S/C44H42O7/c1-46-37-17-13-35(14-18-37)44(34-10-5-4-6-11-34,36-15-19-38(47-2)20-16-36)51-28-31-12-22-41-40-23-21-39(26-33(40)29-50-42(41)25-31)49-27-30-8-7-9-32(24-30)43(45)48-3/h4-13,15,17,19,21-26H,14,16,18,20,27-29H2,1-3H3. The summed E-state index contributed by atoms with van der Waals surface area (Å²) in [6.07, 6.45) is 11.8. The van der Waals surface area contributed by atoms with E-state index < -0.39 is 5.60 Å². The summed E-state index contributed by atoms with van der Waals surface area (Å²) in [6.45, 7) is 1.15. The van der Waals surface area contributed by atoms with Gasteiger partial charge in [-0.05, 0) is 88.7 Å². The van der Waals surface area contributed by atoms with Crippen LogP contribution in [-0.2, 0) is 44.4 Å². The fourth-order valence-corrected chi connectivity index (χ4v) is 7.14. The van der Waals surface area contributed by atoms with Crippen molar-refractivity contribution in [3.8, 4) is 22.6 Å². The minimum atomic E-state index is -0.757. The van der Waals surface area contributed by atoms with Gasteiger partial charge in [0.15, 0.2) is 0 Å². The van der Waals surface area contributed by atoms with Gasteiger partial charge in [0.05, 0.1) is 45.0 Å². The van der Waals surface area contributed by atoms with Crippen LogP contribution < -0.4 is 9.47 Å². The monoisotopic (exact) mass is 682 g/mol. The van der Waals surface area contributed by atoms with Crippen molar-refractivity contribution < 1.29 is 33.2 Å². The molecule has 7 nitrogen and oxygen atoms in total. The van der Waals surface area contributed by atoms with Gasteiger partial charge in [-0.15, -0.1) is 0 Å². The number of allylic oxidation sites excluding steroid dienone is 6. The molecule has 260 valence electrons. The molecule has 1 heterocycles. The molecule has 0 unspecified atom stereocenters. The molecule has 4 aromatic carbocycles. The third-order valence-corrected chi connectivity index (χ3v) is 9.84. The van der Waals surface area contributed by atoms with E-state index in [9.17, 15) is 4.79 Å². The second-order valence-electron chi connectivity index (χ2n) is 12.8. The molecule has 1 aliphatic heterocycles. The zero-order valence-corrected chi connectivity index (χ0v) is 29.3. The molecule has 0 aromatic heterocycles. The Morgan fingerprint density at radius 1 is 0.686 bits per heavy atom. The number of carbonyl (C=O) groups excluding carboxylic acids is 1. The Bertz CT molecular complexity index is 2000. The molecular weight excluding hydrogens is 640 g/mol. The van der Waals surface area contributed by atoms with E-state index in [2.05, 4.69) is 72.8 Å². The summed E-state index contributed by atoms with van der Waals surface area (Å²) in [5, 5.41) is 0. The van der Waals surface area contributed by atoms with Crippen molar-refractivity contribution in [1.82, 2.24) is 0 Å². The third kappa shape index (κ3) is 7.08. The van der Waals surface area contributed by atoms with Crippen molar-refractivity contribution in [2.45, 2.75) is 51.1 Å². The van der Waals surface area contributed by atoms with Crippen LogP contribution in [0.2, 0.25) is 0 Å². The lowest BCUT2D eigenvalue weighted by Crippen LogP contribution is -2.36. The van der Waals surface area contributed by atoms with Crippen molar-refractivity contribution in [3.63, 3.8) is 0 Å². The molecule has 0 radical (unpaired) electrons. The first-order valence-electron chi connectivity index (χ1n) is 17.3. The molecule has 2 aliphatic carbocycles. The van der Waals surface area contributed by atoms with E-state index >= 15 is 0 Å². The van der Waals surface area contributed by atoms with E-state index in [0.717, 1.165) is 82.1 Å². The molecule has 7 rings (SSSR count). The van der Waals surface area contributed by atoms with E-state index in [1.54, 1.807) is 26.4 Å². The number of carbonyl (C=O) groups is 1. The fourth-order valence-electron chi connectivity index (χ4n) is 7.14. The molecule has 0 amide bonds. The number of fused-ring (bicyclic) bond motifs is 3. The second-order valence-corrected chi connectivity index (χ2v) is 12.8. The van der Waals surface area contributed by atoms with Crippen molar-refractivity contribution in [2.24, 2.45) is 0 Å². The van der Waals surface area contributed by atoms with Gasteiger partial charge in [-0.3, -0.25) is 0 Å². The van der Waals surface area contributed by atoms with E-state index in [1.165, 1.54) is 18.3 Å². The molecule has 3 aliphatic rings. The summed E-state index contributed by atoms with van der Waals surface area (Å²) in [7, 11) is 4.83. The average molecular weight is 683 g/mol. The number of esters is 1. The summed E-state index contributed by atoms with van der Waals surface area (Å²) in [6, 6.07) is 30.2. The molecule has 0 fully saturated rings. The van der Waals surface area contributed by atoms with Crippen LogP contribution in [0.15, 0.2) is 138 Å². The van der Waals surface area contributed by atoms with Gasteiger partial charge in [-0.25, -0.2) is 4.79 Å². The van der Waals surface area contributed by atoms with Gasteiger partial charge in [0, 0.05) is 24.0 Å². The maximum Gasteiger partial charge on any atom is 0.337 e. The van der Waals surface area contributed by atoms with Crippen LogP contribution in [0.5, 0.6) is 11.5 Å². The van der Waals surface area contributed by atoms with Gasteiger partial charge in [-0.1, -0.05) is 72.8 Å². The van der Waals surface area contributed by atoms with E-state index in [4.69, 9.17) is 28.4 Å². The zero-order chi connectivity index (χ0) is 35.2. The first-order chi connectivity index (χ1) is 25.0. The van der Waals surface area contributed by atoms with Gasteiger partial charge < -0.3 is 28.4 Å². The van der Waals surface area contributed by atoms with Crippen LogP contribution in [-0.4, -0.2) is 27.3 Å². The molecule has 0 N–H and O–H groups in total. The minimum absolute atomic E-state index is 0.330. The Balaban J connectivity index is 1.14. The minimum Gasteiger partial charge on any atom is -0.501 e. The smallest absolute Gasteiger partial charge is 0.337 e. The molecule has 0 bridgehead atoms. The summed E-state index contributed by atoms with van der Waals surface area (Å²) < 4.78 is 35.7. The molecule has 0 saturated carbocycles. The van der Waals surface area contributed by atoms with E-state index in [1.807, 2.05) is 30.3 Å². The van der Waals surface area contributed by atoms with E-state index in [-0.39, 0.29) is 5.97 Å². The lowest BCUT2D eigenvalue weighted by molar-refractivity contribution is -0.0115. The summed E-state index contributed by atoms with van der Waals surface area (Å²) in [5.41, 5.74) is 8.36. The highest BCUT2D eigenvalue weighted by Gasteiger charge is 2.42. The number of rotatable bonds is 12. The van der Waals surface area contributed by atoms with Crippen LogP contribution in [0.1, 0.15) is 58.3 Å². The number of hydrogen-bond donors (Lipinski definition) is 0. The van der Waals surface area contributed by atoms with Crippen LogP contribution >= 0.6 is 0 Å². The normalized spacial score (nSPS) is 15.1. The molecule has 4 aromatic rings. The van der Waals surface area contributed by atoms with Crippen molar-refractivity contribution in [1.29, 1.82) is 0 Å². The molecule has 0 atom stereocenters. The fraction of sp³-hybridized carbons (Fsp3) is 0.250. The second kappa shape index (κ2) is 15.2. The lowest BCUT2D eigenvalue weighted by atomic mass is 9.73. The Labute approximate surface area is 299 Å². The Morgan fingerprint density at radius 3 is 2.06 bits per heavy atom. The number of methoxy groups -OCH3 is 3. The quantitative estimate of drug-likeness (QED) is 0.138. The summed E-state index contributed by atoms with van der Waals surface area (Å²) >= 11 is 0. The number of ether oxygens (including phenoxy) is 6. The van der Waals surface area contributed by atoms with Crippen LogP contribution in [0.3, 0.4) is 0 Å². The van der Waals surface area contributed by atoms with Crippen molar-refractivity contribution in [2.75, 3.05) is 21.3 Å². The zero-order valence-electron chi connectivity index (χ0n) is 29.3. The largest absolute Gasteiger partial charge is 0.501 e. The molecule has 0 saturated heterocycles. The first-order valence-corrected chi connectivity index (χ1v) is 17.3. The Kier molecular flexibility index (Phi) is 10.1. The van der Waals surface area contributed by atoms with Gasteiger partial charge in [0.2, 0.25) is 0 Å². The summed E-state index contributed by atoms with van der Waals surface area (Å²) in [4.78, 5) is 11.9. The first kappa shape index (κ1) is 33.9. The molecule has 0 spiro atoms. The third-order valence-electron chi connectivity index (χ3n) is 9.84. The van der Waals surface area contributed by atoms with Gasteiger partial charge >= 0.3 is 5.97 Å². The number of hydrogen-bond acceptors (Lipinski definition) is 7. The van der Waals surface area contributed by atoms with Crippen LogP contribution in [0.25, 0.3) is 11.1 Å². The van der Waals surface area contributed by atoms with Crippen LogP contribution in [0, 0.1) is 0 Å². The number of benzene rings is 4. The average Bonchev–Trinajstić information content (AvgIpc) is 3.20. The lowest BCUT2D eigenvalue weighted by Gasteiger charge is -2.41. The molecular formula is C44H42O7. The van der Waals surface area contributed by atoms with Crippen LogP contribution in [0.4, 0.5) is 0 Å². The molecule has 51 heavy (non-hydrogen) atoms. The van der Waals surface area contributed by atoms with Gasteiger partial charge in [-0.2, -0.15) is 0 Å². The maximum absolute atomic E-state index is 11.9. The highest BCUT2D eigenvalue weighted by Crippen LogP contribution is 2.48. The Morgan fingerprint density at radius 2 is 1.39 bits per heavy atom. The summed E-state index contributed by atoms with van der Waals surface area (Å²) in [5.74, 6) is 3.14. The van der Waals surface area contributed by atoms with Gasteiger partial charge in [0.25, 0.3) is 0 Å². The predicted molar refractivity (Wildman–Crippen MR) is 196 cm³/mol. The van der Waals surface area contributed by atoms with Crippen molar-refractivity contribution >= 4 is 5.97 Å². The Hall–Kier alpha value is -5.53. The predicted octanol–water partition coefficient (Wildman–Crippen LogP) is 9.52. The van der Waals surface area contributed by atoms with Crippen molar-refractivity contribution in [3.05, 3.63) is 166 Å². The van der Waals surface area contributed by atoms with E-state index in [0.29, 0.717) is 25.4 Å². The maximum atomic E-state index is 11.9.